The van der Waals surface area contributed by atoms with Gasteiger partial charge in [0.05, 0.1) is 6.54 Å². The van der Waals surface area contributed by atoms with Crippen molar-refractivity contribution in [3.05, 3.63) is 63.6 Å². The van der Waals surface area contributed by atoms with Gasteiger partial charge in [-0.25, -0.2) is 4.79 Å². The van der Waals surface area contributed by atoms with Crippen LogP contribution in [0.2, 0.25) is 0 Å². The Hall–Kier alpha value is -2.76. The molecule has 1 amide bonds. The number of aromatic amines is 1. The summed E-state index contributed by atoms with van der Waals surface area (Å²) in [6.45, 7) is 0.881. The highest BCUT2D eigenvalue weighted by Gasteiger charge is 2.24. The maximum absolute atomic E-state index is 12.1. The Bertz CT molecular complexity index is 740. The summed E-state index contributed by atoms with van der Waals surface area (Å²) in [5, 5.41) is 9.76. The van der Waals surface area contributed by atoms with Crippen molar-refractivity contribution in [1.82, 2.24) is 9.88 Å². The van der Waals surface area contributed by atoms with Crippen molar-refractivity contribution in [2.45, 2.75) is 19.6 Å². The molecule has 2 heterocycles. The number of carbonyl (C=O) groups is 1. The zero-order valence-electron chi connectivity index (χ0n) is 11.9. The Morgan fingerprint density at radius 2 is 2.09 bits per heavy atom. The fourth-order valence-corrected chi connectivity index (χ4v) is 2.52. The number of hydrogen-bond donors (Lipinski definition) is 2. The van der Waals surface area contributed by atoms with Crippen LogP contribution in [0.15, 0.2) is 41.2 Å². The van der Waals surface area contributed by atoms with E-state index in [4.69, 9.17) is 4.74 Å². The minimum Gasteiger partial charge on any atom is -0.507 e. The minimum atomic E-state index is -0.432. The highest BCUT2D eigenvalue weighted by molar-refractivity contribution is 5.68. The first-order valence-corrected chi connectivity index (χ1v) is 7.03. The average Bonchev–Trinajstić information content (AvgIpc) is 2.53. The summed E-state index contributed by atoms with van der Waals surface area (Å²) in [6, 6.07) is 10.6. The summed E-state index contributed by atoms with van der Waals surface area (Å²) >= 11 is 0. The largest absolute Gasteiger partial charge is 0.507 e. The summed E-state index contributed by atoms with van der Waals surface area (Å²) in [4.78, 5) is 27.7. The van der Waals surface area contributed by atoms with Crippen molar-refractivity contribution in [2.75, 3.05) is 6.54 Å². The highest BCUT2D eigenvalue weighted by Crippen LogP contribution is 2.24. The fraction of sp³-hybridized carbons (Fsp3) is 0.250. The van der Waals surface area contributed by atoms with Crippen molar-refractivity contribution in [1.29, 1.82) is 0 Å². The van der Waals surface area contributed by atoms with E-state index in [2.05, 4.69) is 4.98 Å². The first kappa shape index (κ1) is 14.2. The first-order valence-electron chi connectivity index (χ1n) is 7.03. The van der Waals surface area contributed by atoms with Crippen LogP contribution in [0.4, 0.5) is 4.79 Å². The van der Waals surface area contributed by atoms with Crippen LogP contribution < -0.4 is 5.56 Å². The maximum atomic E-state index is 12.1. The van der Waals surface area contributed by atoms with Crippen molar-refractivity contribution < 1.29 is 14.6 Å². The monoisotopic (exact) mass is 300 g/mol. The molecular formula is C16H16N2O4. The van der Waals surface area contributed by atoms with Gasteiger partial charge in [-0.15, -0.1) is 0 Å². The average molecular weight is 300 g/mol. The van der Waals surface area contributed by atoms with E-state index >= 15 is 0 Å². The van der Waals surface area contributed by atoms with Gasteiger partial charge in [0.2, 0.25) is 0 Å². The van der Waals surface area contributed by atoms with Gasteiger partial charge in [0.25, 0.3) is 5.56 Å². The molecule has 0 atom stereocenters. The fourth-order valence-electron chi connectivity index (χ4n) is 2.52. The molecule has 0 radical (unpaired) electrons. The molecule has 6 heteroatoms. The lowest BCUT2D eigenvalue weighted by molar-refractivity contribution is 0.0910. The van der Waals surface area contributed by atoms with Gasteiger partial charge >= 0.3 is 6.09 Å². The maximum Gasteiger partial charge on any atom is 0.410 e. The van der Waals surface area contributed by atoms with E-state index < -0.39 is 6.09 Å². The third-order valence-electron chi connectivity index (χ3n) is 3.66. The normalized spacial score (nSPS) is 13.5. The molecular weight excluding hydrogens is 284 g/mol. The summed E-state index contributed by atoms with van der Waals surface area (Å²) < 4.78 is 5.28. The second-order valence-corrected chi connectivity index (χ2v) is 5.19. The van der Waals surface area contributed by atoms with Gasteiger partial charge < -0.3 is 19.7 Å². The first-order chi connectivity index (χ1) is 10.6. The van der Waals surface area contributed by atoms with E-state index in [0.29, 0.717) is 24.2 Å². The summed E-state index contributed by atoms with van der Waals surface area (Å²) in [5.74, 6) is -0.0175. The number of pyridine rings is 1. The molecule has 0 unspecified atom stereocenters. The molecule has 114 valence electrons. The van der Waals surface area contributed by atoms with Crippen LogP contribution in [0.3, 0.4) is 0 Å². The predicted octanol–water partition coefficient (Wildman–Crippen LogP) is 1.78. The number of ether oxygens (including phenoxy) is 1. The molecule has 0 fully saturated rings. The molecule has 0 saturated heterocycles. The Morgan fingerprint density at radius 1 is 1.32 bits per heavy atom. The SMILES string of the molecule is O=C(OCc1ccccc1)N1CCc2c(O)cc(=O)[nH]c2C1. The van der Waals surface area contributed by atoms with Crippen molar-refractivity contribution in [2.24, 2.45) is 0 Å². The van der Waals surface area contributed by atoms with E-state index in [-0.39, 0.29) is 24.5 Å². The lowest BCUT2D eigenvalue weighted by Gasteiger charge is -2.28. The van der Waals surface area contributed by atoms with E-state index in [1.165, 1.54) is 4.90 Å². The number of fused-ring (bicyclic) bond motifs is 1. The summed E-state index contributed by atoms with van der Waals surface area (Å²) in [5.41, 5.74) is 1.79. The molecule has 22 heavy (non-hydrogen) atoms. The number of carbonyl (C=O) groups excluding carboxylic acids is 1. The molecule has 1 aliphatic heterocycles. The number of aromatic nitrogens is 1. The summed E-state index contributed by atoms with van der Waals surface area (Å²) in [6.07, 6.45) is 0.0527. The van der Waals surface area contributed by atoms with Crippen LogP contribution >= 0.6 is 0 Å². The quantitative estimate of drug-likeness (QED) is 0.885. The molecule has 2 N–H and O–H groups in total. The molecule has 2 aromatic rings. The number of rotatable bonds is 2. The Labute approximate surface area is 127 Å². The van der Waals surface area contributed by atoms with Gasteiger partial charge in [-0.05, 0) is 12.0 Å². The van der Waals surface area contributed by atoms with Crippen LogP contribution in [0.5, 0.6) is 5.75 Å². The molecule has 0 aliphatic carbocycles. The molecule has 1 aromatic carbocycles. The van der Waals surface area contributed by atoms with Gasteiger partial charge in [0, 0.05) is 23.9 Å². The molecule has 0 bridgehead atoms. The van der Waals surface area contributed by atoms with Crippen LogP contribution in [0, 0.1) is 0 Å². The Balaban J connectivity index is 1.66. The number of nitrogens with zero attached hydrogens (tertiary/aromatic N) is 1. The van der Waals surface area contributed by atoms with Crippen LogP contribution in [0.25, 0.3) is 0 Å². The number of hydrogen-bond acceptors (Lipinski definition) is 4. The molecule has 1 aromatic heterocycles. The van der Waals surface area contributed by atoms with E-state index in [1.807, 2.05) is 30.3 Å². The minimum absolute atomic E-state index is 0.0175. The lowest BCUT2D eigenvalue weighted by atomic mass is 10.0. The number of H-pyrrole nitrogens is 1. The zero-order valence-corrected chi connectivity index (χ0v) is 11.9. The van der Waals surface area contributed by atoms with Crippen LogP contribution in [-0.2, 0) is 24.3 Å². The third kappa shape index (κ3) is 2.95. The van der Waals surface area contributed by atoms with E-state index in [9.17, 15) is 14.7 Å². The molecule has 3 rings (SSSR count). The van der Waals surface area contributed by atoms with Crippen molar-refractivity contribution >= 4 is 6.09 Å². The van der Waals surface area contributed by atoms with E-state index in [0.717, 1.165) is 11.6 Å². The van der Waals surface area contributed by atoms with Gasteiger partial charge in [-0.1, -0.05) is 30.3 Å². The topological polar surface area (TPSA) is 82.6 Å². The number of aromatic hydroxyl groups is 1. The standard InChI is InChI=1S/C16H16N2O4/c19-14-8-15(20)17-13-9-18(7-6-12(13)14)16(21)22-10-11-4-2-1-3-5-11/h1-5,8H,6-7,9-10H2,(H2,17,19,20). The zero-order chi connectivity index (χ0) is 15.5. The van der Waals surface area contributed by atoms with Gasteiger partial charge in [0.1, 0.15) is 12.4 Å². The van der Waals surface area contributed by atoms with Gasteiger partial charge in [-0.2, -0.15) is 0 Å². The van der Waals surface area contributed by atoms with Crippen molar-refractivity contribution in [3.8, 4) is 5.75 Å². The molecule has 6 nitrogen and oxygen atoms in total. The predicted molar refractivity (Wildman–Crippen MR) is 79.5 cm³/mol. The van der Waals surface area contributed by atoms with Crippen LogP contribution in [-0.4, -0.2) is 27.6 Å². The van der Waals surface area contributed by atoms with E-state index in [1.54, 1.807) is 0 Å². The smallest absolute Gasteiger partial charge is 0.410 e. The molecule has 0 spiro atoms. The van der Waals surface area contributed by atoms with Crippen molar-refractivity contribution in [3.63, 3.8) is 0 Å². The second kappa shape index (κ2) is 5.93. The molecule has 0 saturated carbocycles. The number of benzene rings is 1. The summed E-state index contributed by atoms with van der Waals surface area (Å²) in [7, 11) is 0. The highest BCUT2D eigenvalue weighted by atomic mass is 16.6. The lowest BCUT2D eigenvalue weighted by Crippen LogP contribution is -2.37. The van der Waals surface area contributed by atoms with Crippen LogP contribution in [0.1, 0.15) is 16.8 Å². The third-order valence-corrected chi connectivity index (χ3v) is 3.66. The molecule has 1 aliphatic rings. The van der Waals surface area contributed by atoms with Gasteiger partial charge in [-0.3, -0.25) is 4.79 Å². The Kier molecular flexibility index (Phi) is 3.82. The van der Waals surface area contributed by atoms with Gasteiger partial charge in [0.15, 0.2) is 0 Å². The second-order valence-electron chi connectivity index (χ2n) is 5.19. The Morgan fingerprint density at radius 3 is 2.86 bits per heavy atom. The number of amides is 1. The number of nitrogens with one attached hydrogen (secondary N) is 1.